The molecule has 1 aromatic heterocycles. The number of hydrogen-bond donors (Lipinski definition) is 2. The molecule has 0 saturated carbocycles. The Morgan fingerprint density at radius 3 is 2.42 bits per heavy atom. The molecule has 3 aromatic rings. The molecule has 0 unspecified atom stereocenters. The van der Waals surface area contributed by atoms with Gasteiger partial charge in [0, 0.05) is 29.0 Å². The number of aromatic carboxylic acids is 1. The number of nitrogens with one attached hydrogen (secondary N) is 1. The molecule has 0 spiro atoms. The van der Waals surface area contributed by atoms with E-state index >= 15 is 0 Å². The summed E-state index contributed by atoms with van der Waals surface area (Å²) < 4.78 is 45.8. The topological polar surface area (TPSA) is 111 Å². The Morgan fingerprint density at radius 1 is 1.18 bits per heavy atom. The number of rotatable bonds is 8. The smallest absolute Gasteiger partial charge is 0.335 e. The highest BCUT2D eigenvalue weighted by Crippen LogP contribution is 2.33. The lowest BCUT2D eigenvalue weighted by molar-refractivity contribution is 0.0696. The van der Waals surface area contributed by atoms with Crippen molar-refractivity contribution in [2.45, 2.75) is 24.3 Å². The molecule has 0 bridgehead atoms. The fraction of sp³-hybridized carbons (Fsp3) is 0.227. The minimum Gasteiger partial charge on any atom is -0.478 e. The number of carbonyl (C=O) groups excluding carboxylic acids is 1. The lowest BCUT2D eigenvalue weighted by Crippen LogP contribution is -2.27. The summed E-state index contributed by atoms with van der Waals surface area (Å²) in [5.41, 5.74) is -0.509. The first kappa shape index (κ1) is 24.1. The van der Waals surface area contributed by atoms with E-state index in [0.29, 0.717) is 10.5 Å². The summed E-state index contributed by atoms with van der Waals surface area (Å²) in [6, 6.07) is 11.5. The van der Waals surface area contributed by atoms with Crippen molar-refractivity contribution in [1.29, 1.82) is 0 Å². The van der Waals surface area contributed by atoms with Crippen molar-refractivity contribution in [1.82, 2.24) is 15.1 Å². The molecule has 11 heteroatoms. The summed E-state index contributed by atoms with van der Waals surface area (Å²) in [6.07, 6.45) is -1.55. The first-order chi connectivity index (χ1) is 15.6. The predicted octanol–water partition coefficient (Wildman–Crippen LogP) is 4.08. The third kappa shape index (κ3) is 5.43. The maximum Gasteiger partial charge on any atom is 0.335 e. The van der Waals surface area contributed by atoms with Crippen molar-refractivity contribution >= 4 is 22.7 Å². The van der Waals surface area contributed by atoms with E-state index in [1.54, 1.807) is 25.1 Å². The first-order valence-corrected chi connectivity index (χ1v) is 11.2. The van der Waals surface area contributed by atoms with Crippen LogP contribution in [0.2, 0.25) is 0 Å². The molecule has 2 atom stereocenters. The Kier molecular flexibility index (Phi) is 7.22. The third-order valence-electron chi connectivity index (χ3n) is 4.81. The maximum absolute atomic E-state index is 13.7. The molecule has 1 heterocycles. The van der Waals surface area contributed by atoms with Gasteiger partial charge in [-0.25, -0.2) is 18.3 Å². The van der Waals surface area contributed by atoms with Gasteiger partial charge in [0.2, 0.25) is 5.88 Å². The van der Waals surface area contributed by atoms with Crippen LogP contribution in [0.1, 0.15) is 51.4 Å². The second-order valence-corrected chi connectivity index (χ2v) is 8.52. The molecule has 2 N–H and O–H groups in total. The number of carboxylic acids is 1. The molecule has 0 aliphatic heterocycles. The molecule has 0 radical (unpaired) electrons. The molecule has 0 aliphatic carbocycles. The fourth-order valence-corrected chi connectivity index (χ4v) is 3.66. The summed E-state index contributed by atoms with van der Waals surface area (Å²) in [7, 11) is 0.0779. The number of amides is 1. The second kappa shape index (κ2) is 9.90. The number of nitrogens with zero attached hydrogens (tertiary/aromatic N) is 2. The maximum atomic E-state index is 13.7. The van der Waals surface area contributed by atoms with Gasteiger partial charge in [0.1, 0.15) is 17.0 Å². The molecule has 0 saturated heterocycles. The van der Waals surface area contributed by atoms with E-state index < -0.39 is 46.4 Å². The zero-order chi connectivity index (χ0) is 24.3. The summed E-state index contributed by atoms with van der Waals surface area (Å²) in [5.74, 6) is -1.92. The number of halogens is 2. The lowest BCUT2D eigenvalue weighted by Gasteiger charge is -2.16. The third-order valence-corrected chi connectivity index (χ3v) is 5.73. The quantitative estimate of drug-likeness (QED) is 0.506. The number of aromatic nitrogens is 2. The molecule has 33 heavy (non-hydrogen) atoms. The van der Waals surface area contributed by atoms with Crippen molar-refractivity contribution in [2.24, 2.45) is 7.05 Å². The molecule has 0 fully saturated rings. The molecule has 8 nitrogen and oxygen atoms in total. The van der Waals surface area contributed by atoms with Gasteiger partial charge < -0.3 is 15.2 Å². The highest BCUT2D eigenvalue weighted by molar-refractivity contribution is 7.84. The molecular formula is C22H21F2N3O5S. The summed E-state index contributed by atoms with van der Waals surface area (Å²) in [6.45, 7) is 1.63. The van der Waals surface area contributed by atoms with Gasteiger partial charge in [-0.05, 0) is 42.8 Å². The molecule has 174 valence electrons. The number of alkyl halides is 2. The van der Waals surface area contributed by atoms with Gasteiger partial charge >= 0.3 is 5.97 Å². The van der Waals surface area contributed by atoms with E-state index in [0.717, 1.165) is 4.68 Å². The Morgan fingerprint density at radius 2 is 1.85 bits per heavy atom. The van der Waals surface area contributed by atoms with E-state index in [9.17, 15) is 22.6 Å². The fourth-order valence-electron chi connectivity index (χ4n) is 3.11. The average Bonchev–Trinajstić information content (AvgIpc) is 3.10. The minimum atomic E-state index is -3.03. The molecular weight excluding hydrogens is 456 g/mol. The van der Waals surface area contributed by atoms with Crippen LogP contribution in [-0.2, 0) is 17.8 Å². The van der Waals surface area contributed by atoms with Crippen LogP contribution in [0.5, 0.6) is 11.6 Å². The van der Waals surface area contributed by atoms with Gasteiger partial charge in [-0.1, -0.05) is 18.2 Å². The normalized spacial score (nSPS) is 12.9. The van der Waals surface area contributed by atoms with Crippen molar-refractivity contribution < 1.29 is 32.4 Å². The van der Waals surface area contributed by atoms with Crippen molar-refractivity contribution in [2.75, 3.05) is 6.26 Å². The van der Waals surface area contributed by atoms with E-state index in [-0.39, 0.29) is 17.2 Å². The molecule has 0 aliphatic rings. The highest BCUT2D eigenvalue weighted by atomic mass is 32.2. The standard InChI is InChI=1S/C22H21F2N3O5S/c1-12(13-7-9-14(10-8-13)22(29)30)25-20(28)17-18(19(23)24)26-27(2)21(17)32-15-5-4-6-16(11-15)33(3)31/h4-12,19H,1-3H3,(H,25,28)(H,29,30)/t12-,33-/m0/s1. The van der Waals surface area contributed by atoms with Crippen LogP contribution in [0.3, 0.4) is 0 Å². The van der Waals surface area contributed by atoms with Crippen LogP contribution in [0, 0.1) is 0 Å². The number of hydrogen-bond acceptors (Lipinski definition) is 5. The Hall–Kier alpha value is -3.60. The molecule has 1 amide bonds. The SMILES string of the molecule is C[C@H](NC(=O)c1c(C(F)F)nn(C)c1Oc1cccc([S@](C)=O)c1)c1ccc(C(=O)O)cc1. The highest BCUT2D eigenvalue weighted by Gasteiger charge is 2.30. The van der Waals surface area contributed by atoms with Crippen LogP contribution < -0.4 is 10.1 Å². The minimum absolute atomic E-state index is 0.0791. The van der Waals surface area contributed by atoms with Gasteiger partial charge in [-0.2, -0.15) is 5.10 Å². The van der Waals surface area contributed by atoms with E-state index in [4.69, 9.17) is 9.84 Å². The first-order valence-electron chi connectivity index (χ1n) is 9.69. The van der Waals surface area contributed by atoms with Crippen LogP contribution in [0.15, 0.2) is 53.4 Å². The summed E-state index contributed by atoms with van der Waals surface area (Å²) in [5, 5.41) is 15.4. The number of ether oxygens (including phenoxy) is 1. The number of benzene rings is 2. The zero-order valence-corrected chi connectivity index (χ0v) is 18.7. The van der Waals surface area contributed by atoms with Gasteiger partial charge in [-0.3, -0.25) is 9.00 Å². The lowest BCUT2D eigenvalue weighted by atomic mass is 10.1. The second-order valence-electron chi connectivity index (χ2n) is 7.14. The van der Waals surface area contributed by atoms with Crippen LogP contribution in [0.4, 0.5) is 8.78 Å². The number of aryl methyl sites for hydroxylation is 1. The average molecular weight is 477 g/mol. The summed E-state index contributed by atoms with van der Waals surface area (Å²) >= 11 is 0. The van der Waals surface area contributed by atoms with E-state index in [1.807, 2.05) is 0 Å². The Bertz CT molecular complexity index is 1210. The van der Waals surface area contributed by atoms with Crippen molar-refractivity contribution in [3.8, 4) is 11.6 Å². The van der Waals surface area contributed by atoms with Crippen molar-refractivity contribution in [3.63, 3.8) is 0 Å². The van der Waals surface area contributed by atoms with Crippen molar-refractivity contribution in [3.05, 3.63) is 70.9 Å². The molecule has 3 rings (SSSR count). The predicted molar refractivity (Wildman–Crippen MR) is 116 cm³/mol. The van der Waals surface area contributed by atoms with E-state index in [1.165, 1.54) is 43.6 Å². The van der Waals surface area contributed by atoms with Crippen LogP contribution in [-0.4, -0.2) is 37.2 Å². The monoisotopic (exact) mass is 477 g/mol. The van der Waals surface area contributed by atoms with Gasteiger partial charge in [0.15, 0.2) is 0 Å². The molecule has 2 aromatic carbocycles. The largest absolute Gasteiger partial charge is 0.478 e. The van der Waals surface area contributed by atoms with Crippen LogP contribution in [0.25, 0.3) is 0 Å². The zero-order valence-electron chi connectivity index (χ0n) is 17.9. The summed E-state index contributed by atoms with van der Waals surface area (Å²) in [4.78, 5) is 24.5. The van der Waals surface area contributed by atoms with Crippen LogP contribution >= 0.6 is 0 Å². The van der Waals surface area contributed by atoms with Gasteiger partial charge in [-0.15, -0.1) is 0 Å². The van der Waals surface area contributed by atoms with Gasteiger partial charge in [0.05, 0.1) is 11.6 Å². The number of carbonyl (C=O) groups is 2. The van der Waals surface area contributed by atoms with Gasteiger partial charge in [0.25, 0.3) is 12.3 Å². The Labute approximate surface area is 190 Å². The van der Waals surface area contributed by atoms with E-state index in [2.05, 4.69) is 10.4 Å². The number of carboxylic acid groups (broad SMARTS) is 1. The Balaban J connectivity index is 1.92.